The summed E-state index contributed by atoms with van der Waals surface area (Å²) in [5.41, 5.74) is 15.7. The molecule has 0 radical (unpaired) electrons. The molecule has 3 aromatic heterocycles. The van der Waals surface area contributed by atoms with Crippen LogP contribution < -0.4 is 0 Å². The highest BCUT2D eigenvalue weighted by atomic mass is 16.3. The summed E-state index contributed by atoms with van der Waals surface area (Å²) in [5.74, 6) is 0. The van der Waals surface area contributed by atoms with E-state index in [0.29, 0.717) is 0 Å². The maximum Gasteiger partial charge on any atom is 0.160 e. The first-order chi connectivity index (χ1) is 28.3. The van der Waals surface area contributed by atoms with Crippen molar-refractivity contribution >= 4 is 65.6 Å². The largest absolute Gasteiger partial charge is 0.454 e. The van der Waals surface area contributed by atoms with E-state index in [0.717, 1.165) is 49.9 Å². The minimum Gasteiger partial charge on any atom is -0.454 e. The highest BCUT2D eigenvalue weighted by molar-refractivity contribution is 6.18. The van der Waals surface area contributed by atoms with E-state index in [1.54, 1.807) is 0 Å². The van der Waals surface area contributed by atoms with E-state index in [1.807, 2.05) is 0 Å². The first-order valence-corrected chi connectivity index (χ1v) is 19.5. The van der Waals surface area contributed by atoms with E-state index < -0.39 is 0 Å². The van der Waals surface area contributed by atoms with Gasteiger partial charge < -0.3 is 13.6 Å². The van der Waals surface area contributed by atoms with E-state index in [2.05, 4.69) is 215 Å². The Morgan fingerprint density at radius 2 is 0.895 bits per heavy atom. The Bertz CT molecular complexity index is 3510. The first kappa shape index (κ1) is 31.7. The summed E-state index contributed by atoms with van der Waals surface area (Å²) in [4.78, 5) is 0. The molecule has 12 rings (SSSR count). The summed E-state index contributed by atoms with van der Waals surface area (Å²) in [6, 6.07) is 74.3. The molecule has 0 fully saturated rings. The minimum absolute atomic E-state index is 0.877. The topological polar surface area (TPSA) is 23.0 Å². The second-order valence-corrected chi connectivity index (χ2v) is 14.9. The fraction of sp³-hybridized carbons (Fsp3) is 0. The SMILES string of the molecule is c1ccc(-c2ccccc2-c2ccc(-n3c4ccccc4c4cc(-c5ccc6c7ccccc7n(-c7ccccc7)c6c5)ccc43)c3oc4ccccc4c23)cc1. The van der Waals surface area contributed by atoms with Crippen LogP contribution in [0.4, 0.5) is 0 Å². The lowest BCUT2D eigenvalue weighted by Gasteiger charge is -2.14. The van der Waals surface area contributed by atoms with Gasteiger partial charge in [-0.1, -0.05) is 152 Å². The number of furan rings is 1. The number of benzene rings is 9. The van der Waals surface area contributed by atoms with Crippen molar-refractivity contribution in [2.45, 2.75) is 0 Å². The van der Waals surface area contributed by atoms with Crippen LogP contribution in [0.25, 0.3) is 110 Å². The van der Waals surface area contributed by atoms with Crippen LogP contribution in [-0.2, 0) is 0 Å². The maximum atomic E-state index is 6.90. The van der Waals surface area contributed by atoms with E-state index in [1.165, 1.54) is 60.4 Å². The highest BCUT2D eigenvalue weighted by Crippen LogP contribution is 2.45. The van der Waals surface area contributed by atoms with Crippen molar-refractivity contribution in [3.63, 3.8) is 0 Å². The molecule has 0 unspecified atom stereocenters. The van der Waals surface area contributed by atoms with Crippen LogP contribution in [0, 0.1) is 0 Å². The van der Waals surface area contributed by atoms with Gasteiger partial charge in [0.2, 0.25) is 0 Å². The fourth-order valence-corrected chi connectivity index (χ4v) is 9.22. The van der Waals surface area contributed by atoms with Gasteiger partial charge in [-0.2, -0.15) is 0 Å². The van der Waals surface area contributed by atoms with E-state index in [-0.39, 0.29) is 0 Å². The van der Waals surface area contributed by atoms with Crippen molar-refractivity contribution in [1.29, 1.82) is 0 Å². The standard InChI is InChI=1S/C54H34N2O/c1-3-15-35(16-4-1)39-19-7-8-20-40(39)44-30-32-50(54-53(44)45-23-11-14-26-52(45)57-54)56-48-25-13-10-22-42(48)46-33-36(28-31-49(46)56)37-27-29-43-41-21-9-12-24-47(41)55(51(43)34-37)38-17-5-2-6-18-38/h1-34H. The predicted molar refractivity (Wildman–Crippen MR) is 239 cm³/mol. The number of hydrogen-bond acceptors (Lipinski definition) is 1. The molecule has 12 aromatic rings. The van der Waals surface area contributed by atoms with Gasteiger partial charge in [-0.05, 0) is 88.0 Å². The zero-order valence-electron chi connectivity index (χ0n) is 30.9. The van der Waals surface area contributed by atoms with Gasteiger partial charge in [0.05, 0.1) is 27.8 Å². The van der Waals surface area contributed by atoms with Crippen LogP contribution in [0.5, 0.6) is 0 Å². The Kier molecular flexibility index (Phi) is 6.93. The summed E-state index contributed by atoms with van der Waals surface area (Å²) < 4.78 is 11.7. The average molecular weight is 727 g/mol. The lowest BCUT2D eigenvalue weighted by atomic mass is 9.91. The van der Waals surface area contributed by atoms with Crippen molar-refractivity contribution in [3.8, 4) is 44.8 Å². The van der Waals surface area contributed by atoms with Gasteiger partial charge in [0, 0.05) is 38.0 Å². The summed E-state index contributed by atoms with van der Waals surface area (Å²) in [5, 5.41) is 7.15. The van der Waals surface area contributed by atoms with Crippen molar-refractivity contribution in [2.24, 2.45) is 0 Å². The van der Waals surface area contributed by atoms with Crippen molar-refractivity contribution in [1.82, 2.24) is 9.13 Å². The predicted octanol–water partition coefficient (Wildman–Crippen LogP) is 14.8. The third-order valence-electron chi connectivity index (χ3n) is 11.7. The van der Waals surface area contributed by atoms with Gasteiger partial charge in [-0.25, -0.2) is 0 Å². The molecular weight excluding hydrogens is 693 g/mol. The Labute approximate surface area is 328 Å². The molecule has 57 heavy (non-hydrogen) atoms. The maximum absolute atomic E-state index is 6.90. The minimum atomic E-state index is 0.877. The van der Waals surface area contributed by atoms with E-state index in [4.69, 9.17) is 4.42 Å². The molecule has 0 aliphatic rings. The zero-order valence-corrected chi connectivity index (χ0v) is 30.9. The van der Waals surface area contributed by atoms with Gasteiger partial charge in [-0.3, -0.25) is 0 Å². The quantitative estimate of drug-likeness (QED) is 0.173. The van der Waals surface area contributed by atoms with E-state index in [9.17, 15) is 0 Å². The number of rotatable bonds is 5. The Balaban J connectivity index is 1.08. The molecule has 3 heteroatoms. The highest BCUT2D eigenvalue weighted by Gasteiger charge is 2.22. The molecule has 0 amide bonds. The van der Waals surface area contributed by atoms with Gasteiger partial charge in [0.15, 0.2) is 5.58 Å². The molecule has 266 valence electrons. The molecule has 0 atom stereocenters. The summed E-state index contributed by atoms with van der Waals surface area (Å²) >= 11 is 0. The smallest absolute Gasteiger partial charge is 0.160 e. The first-order valence-electron chi connectivity index (χ1n) is 19.5. The van der Waals surface area contributed by atoms with Crippen LogP contribution in [0.3, 0.4) is 0 Å². The molecule has 0 aliphatic heterocycles. The van der Waals surface area contributed by atoms with Gasteiger partial charge >= 0.3 is 0 Å². The molecule has 9 aromatic carbocycles. The molecule has 0 spiro atoms. The van der Waals surface area contributed by atoms with E-state index >= 15 is 0 Å². The van der Waals surface area contributed by atoms with Crippen LogP contribution in [-0.4, -0.2) is 9.13 Å². The number of nitrogens with zero attached hydrogens (tertiary/aromatic N) is 2. The third kappa shape index (κ3) is 4.79. The molecule has 0 saturated carbocycles. The zero-order chi connectivity index (χ0) is 37.5. The van der Waals surface area contributed by atoms with Gasteiger partial charge in [-0.15, -0.1) is 0 Å². The Hall–Kier alpha value is -7.62. The van der Waals surface area contributed by atoms with Gasteiger partial charge in [0.1, 0.15) is 5.58 Å². The Morgan fingerprint density at radius 1 is 0.316 bits per heavy atom. The lowest BCUT2D eigenvalue weighted by Crippen LogP contribution is -1.96. The summed E-state index contributed by atoms with van der Waals surface area (Å²) in [6.07, 6.45) is 0. The molecule has 3 nitrogen and oxygen atoms in total. The summed E-state index contributed by atoms with van der Waals surface area (Å²) in [7, 11) is 0. The molecule has 0 aliphatic carbocycles. The molecular formula is C54H34N2O. The molecule has 0 bridgehead atoms. The second-order valence-electron chi connectivity index (χ2n) is 14.9. The lowest BCUT2D eigenvalue weighted by molar-refractivity contribution is 0.666. The Morgan fingerprint density at radius 3 is 1.70 bits per heavy atom. The number of fused-ring (bicyclic) bond motifs is 9. The van der Waals surface area contributed by atoms with Crippen molar-refractivity contribution in [2.75, 3.05) is 0 Å². The molecule has 0 saturated heterocycles. The second kappa shape index (κ2) is 12.5. The van der Waals surface area contributed by atoms with Crippen LogP contribution >= 0.6 is 0 Å². The van der Waals surface area contributed by atoms with Gasteiger partial charge in [0.25, 0.3) is 0 Å². The molecule has 3 heterocycles. The normalized spacial score (nSPS) is 11.9. The number of hydrogen-bond donors (Lipinski definition) is 0. The fourth-order valence-electron chi connectivity index (χ4n) is 9.22. The number of para-hydroxylation sites is 4. The average Bonchev–Trinajstić information content (AvgIpc) is 3.94. The molecule has 0 N–H and O–H groups in total. The number of aromatic nitrogens is 2. The van der Waals surface area contributed by atoms with Crippen molar-refractivity contribution in [3.05, 3.63) is 206 Å². The van der Waals surface area contributed by atoms with Crippen molar-refractivity contribution < 1.29 is 4.42 Å². The van der Waals surface area contributed by atoms with Crippen LogP contribution in [0.15, 0.2) is 211 Å². The summed E-state index contributed by atoms with van der Waals surface area (Å²) in [6.45, 7) is 0. The third-order valence-corrected chi connectivity index (χ3v) is 11.7. The van der Waals surface area contributed by atoms with Crippen LogP contribution in [0.1, 0.15) is 0 Å². The monoisotopic (exact) mass is 726 g/mol. The van der Waals surface area contributed by atoms with Crippen LogP contribution in [0.2, 0.25) is 0 Å².